The van der Waals surface area contributed by atoms with Crippen molar-refractivity contribution in [2.24, 2.45) is 0 Å². The number of nitrogens with zero attached hydrogens (tertiary/aromatic N) is 3. The molecular weight excluding hydrogens is 446 g/mol. The summed E-state index contributed by atoms with van der Waals surface area (Å²) in [5, 5.41) is 11.0. The zero-order valence-corrected chi connectivity index (χ0v) is 19.4. The summed E-state index contributed by atoms with van der Waals surface area (Å²) < 4.78 is 12.9. The van der Waals surface area contributed by atoms with E-state index < -0.39 is 0 Å². The Morgan fingerprint density at radius 3 is 2.78 bits per heavy atom. The van der Waals surface area contributed by atoms with Gasteiger partial charge < -0.3 is 9.15 Å². The van der Waals surface area contributed by atoms with Crippen LogP contribution in [0.2, 0.25) is 5.02 Å². The van der Waals surface area contributed by atoms with Crippen molar-refractivity contribution in [3.8, 4) is 17.1 Å². The van der Waals surface area contributed by atoms with Gasteiger partial charge in [-0.3, -0.25) is 4.57 Å². The van der Waals surface area contributed by atoms with Crippen LogP contribution >= 0.6 is 23.4 Å². The molecule has 0 amide bonds. The Kier molecular flexibility index (Phi) is 6.67. The molecule has 164 valence electrons. The van der Waals surface area contributed by atoms with Gasteiger partial charge in [0.2, 0.25) is 0 Å². The Bertz CT molecular complexity index is 1350. The van der Waals surface area contributed by atoms with Gasteiger partial charge in [0.05, 0.1) is 12.7 Å². The van der Waals surface area contributed by atoms with Crippen LogP contribution in [0.15, 0.2) is 69.5 Å². The van der Waals surface area contributed by atoms with Gasteiger partial charge in [0, 0.05) is 28.8 Å². The van der Waals surface area contributed by atoms with Crippen LogP contribution in [0.3, 0.4) is 0 Å². The molecule has 2 aromatic heterocycles. The molecule has 0 radical (unpaired) electrons. The van der Waals surface area contributed by atoms with Gasteiger partial charge in [0.15, 0.2) is 11.0 Å². The first kappa shape index (κ1) is 22.2. The summed E-state index contributed by atoms with van der Waals surface area (Å²) in [5.74, 6) is 1.91. The predicted molar refractivity (Wildman–Crippen MR) is 129 cm³/mol. The van der Waals surface area contributed by atoms with Crippen LogP contribution in [0.25, 0.3) is 22.4 Å². The standard InChI is InChI=1S/C24H22ClN3O3S/c1-4-10-28-23(17-8-6-7-9-20(17)30-3)26-27-24(28)32-14-16-12-22(29)31-21-11-15(5-2)19(25)13-18(16)21/h4,6-9,11-13H,1,5,10,14H2,2-3H3. The number of benzene rings is 2. The van der Waals surface area contributed by atoms with E-state index in [1.54, 1.807) is 13.2 Å². The Hall–Kier alpha value is -3.03. The molecule has 2 heterocycles. The van der Waals surface area contributed by atoms with Crippen molar-refractivity contribution in [1.82, 2.24) is 14.8 Å². The molecule has 0 fully saturated rings. The van der Waals surface area contributed by atoms with Gasteiger partial charge in [0.25, 0.3) is 0 Å². The molecule has 2 aromatic carbocycles. The highest BCUT2D eigenvalue weighted by Crippen LogP contribution is 2.33. The van der Waals surface area contributed by atoms with Crippen LogP contribution < -0.4 is 10.4 Å². The van der Waals surface area contributed by atoms with Crippen LogP contribution in [0, 0.1) is 0 Å². The van der Waals surface area contributed by atoms with E-state index >= 15 is 0 Å². The summed E-state index contributed by atoms with van der Waals surface area (Å²) in [6.07, 6.45) is 2.55. The van der Waals surface area contributed by atoms with Crippen molar-refractivity contribution in [2.75, 3.05) is 7.11 Å². The molecule has 0 atom stereocenters. The summed E-state index contributed by atoms with van der Waals surface area (Å²) >= 11 is 7.91. The summed E-state index contributed by atoms with van der Waals surface area (Å²) in [4.78, 5) is 12.2. The number of halogens is 1. The summed E-state index contributed by atoms with van der Waals surface area (Å²) in [7, 11) is 1.63. The Labute approximate surface area is 194 Å². The van der Waals surface area contributed by atoms with Crippen molar-refractivity contribution >= 4 is 34.3 Å². The molecular formula is C24H22ClN3O3S. The maximum atomic E-state index is 12.2. The van der Waals surface area contributed by atoms with Gasteiger partial charge in [-0.15, -0.1) is 16.8 Å². The minimum absolute atomic E-state index is 0.389. The maximum Gasteiger partial charge on any atom is 0.336 e. The van der Waals surface area contributed by atoms with E-state index in [1.807, 2.05) is 47.9 Å². The molecule has 0 saturated heterocycles. The number of ether oxygens (including phenoxy) is 1. The number of aryl methyl sites for hydroxylation is 1. The fourth-order valence-corrected chi connectivity index (χ4v) is 4.78. The van der Waals surface area contributed by atoms with E-state index in [9.17, 15) is 4.79 Å². The lowest BCUT2D eigenvalue weighted by atomic mass is 10.1. The molecule has 0 bridgehead atoms. The summed E-state index contributed by atoms with van der Waals surface area (Å²) in [6.45, 7) is 6.41. The predicted octanol–water partition coefficient (Wildman–Crippen LogP) is 5.75. The first-order chi connectivity index (χ1) is 15.5. The van der Waals surface area contributed by atoms with E-state index in [0.717, 1.165) is 34.2 Å². The summed E-state index contributed by atoms with van der Waals surface area (Å²) in [5.41, 5.74) is 2.77. The van der Waals surface area contributed by atoms with Crippen molar-refractivity contribution in [3.05, 3.63) is 81.7 Å². The van der Waals surface area contributed by atoms with Crippen molar-refractivity contribution < 1.29 is 9.15 Å². The van der Waals surface area contributed by atoms with Crippen LogP contribution in [-0.2, 0) is 18.7 Å². The SMILES string of the molecule is C=CCn1c(SCc2cc(=O)oc3cc(CC)c(Cl)cc23)nnc1-c1ccccc1OC. The largest absolute Gasteiger partial charge is 0.496 e. The average Bonchev–Trinajstić information content (AvgIpc) is 3.19. The van der Waals surface area contributed by atoms with Crippen molar-refractivity contribution in [1.29, 1.82) is 0 Å². The number of allylic oxidation sites excluding steroid dienone is 1. The average molecular weight is 468 g/mol. The molecule has 32 heavy (non-hydrogen) atoms. The molecule has 4 aromatic rings. The highest BCUT2D eigenvalue weighted by atomic mass is 35.5. The van der Waals surface area contributed by atoms with Gasteiger partial charge in [-0.25, -0.2) is 4.79 Å². The van der Waals surface area contributed by atoms with E-state index in [4.69, 9.17) is 20.8 Å². The van der Waals surface area contributed by atoms with E-state index in [2.05, 4.69) is 16.8 Å². The highest BCUT2D eigenvalue weighted by Gasteiger charge is 2.18. The number of aromatic nitrogens is 3. The topological polar surface area (TPSA) is 70.2 Å². The zero-order chi connectivity index (χ0) is 22.7. The van der Waals surface area contributed by atoms with Crippen molar-refractivity contribution in [2.45, 2.75) is 30.8 Å². The van der Waals surface area contributed by atoms with Gasteiger partial charge in [0.1, 0.15) is 11.3 Å². The highest BCUT2D eigenvalue weighted by molar-refractivity contribution is 7.98. The van der Waals surface area contributed by atoms with Crippen LogP contribution in [0.5, 0.6) is 5.75 Å². The number of fused-ring (bicyclic) bond motifs is 1. The van der Waals surface area contributed by atoms with Crippen LogP contribution in [0.4, 0.5) is 0 Å². The molecule has 6 nitrogen and oxygen atoms in total. The third kappa shape index (κ3) is 4.31. The second-order valence-electron chi connectivity index (χ2n) is 7.08. The molecule has 0 saturated carbocycles. The summed E-state index contributed by atoms with van der Waals surface area (Å²) in [6, 6.07) is 12.9. The van der Waals surface area contributed by atoms with Gasteiger partial charge in [-0.1, -0.05) is 48.5 Å². The second-order valence-corrected chi connectivity index (χ2v) is 8.43. The number of hydrogen-bond donors (Lipinski definition) is 0. The molecule has 0 aliphatic heterocycles. The van der Waals surface area contributed by atoms with E-state index in [-0.39, 0.29) is 5.63 Å². The molecule has 0 spiro atoms. The van der Waals surface area contributed by atoms with E-state index in [0.29, 0.717) is 33.9 Å². The Morgan fingerprint density at radius 2 is 2.03 bits per heavy atom. The normalized spacial score (nSPS) is 11.1. The molecule has 8 heteroatoms. The lowest BCUT2D eigenvalue weighted by molar-refractivity contribution is 0.416. The number of hydrogen-bond acceptors (Lipinski definition) is 6. The Morgan fingerprint density at radius 1 is 1.22 bits per heavy atom. The minimum Gasteiger partial charge on any atom is -0.496 e. The maximum absolute atomic E-state index is 12.2. The molecule has 0 aliphatic rings. The first-order valence-corrected chi connectivity index (χ1v) is 11.5. The quantitative estimate of drug-likeness (QED) is 0.186. The fourth-order valence-electron chi connectivity index (χ4n) is 3.54. The number of thioether (sulfide) groups is 1. The molecule has 0 N–H and O–H groups in total. The molecule has 0 unspecified atom stereocenters. The van der Waals surface area contributed by atoms with Gasteiger partial charge in [-0.2, -0.15) is 0 Å². The van der Waals surface area contributed by atoms with Crippen molar-refractivity contribution in [3.63, 3.8) is 0 Å². The number of methoxy groups -OCH3 is 1. The smallest absolute Gasteiger partial charge is 0.336 e. The van der Waals surface area contributed by atoms with E-state index in [1.165, 1.54) is 17.8 Å². The van der Waals surface area contributed by atoms with Gasteiger partial charge >= 0.3 is 5.63 Å². The lowest BCUT2D eigenvalue weighted by Gasteiger charge is -2.11. The molecule has 0 aliphatic carbocycles. The molecule has 4 rings (SSSR count). The zero-order valence-electron chi connectivity index (χ0n) is 17.8. The van der Waals surface area contributed by atoms with Gasteiger partial charge in [-0.05, 0) is 41.8 Å². The number of para-hydroxylation sites is 1. The minimum atomic E-state index is -0.389. The second kappa shape index (κ2) is 9.63. The van der Waals surface area contributed by atoms with Crippen LogP contribution in [-0.4, -0.2) is 21.9 Å². The number of rotatable bonds is 8. The Balaban J connectivity index is 1.71. The lowest BCUT2D eigenvalue weighted by Crippen LogP contribution is -2.03. The van der Waals surface area contributed by atoms with Crippen LogP contribution in [0.1, 0.15) is 18.1 Å². The monoisotopic (exact) mass is 467 g/mol. The first-order valence-electron chi connectivity index (χ1n) is 10.1. The fraction of sp³-hybridized carbons (Fsp3) is 0.208. The third-order valence-corrected chi connectivity index (χ3v) is 6.48. The third-order valence-electron chi connectivity index (χ3n) is 5.11.